The minimum atomic E-state index is -4.22. The molecule has 12 heteroatoms. The van der Waals surface area contributed by atoms with Crippen LogP contribution in [0.25, 0.3) is 10.8 Å². The molecule has 4 aromatic rings. The monoisotopic (exact) mass is 664 g/mol. The van der Waals surface area contributed by atoms with Crippen LogP contribution in [0, 0.1) is 0 Å². The Bertz CT molecular complexity index is 1800. The Morgan fingerprint density at radius 3 is 2.24 bits per heavy atom. The summed E-state index contributed by atoms with van der Waals surface area (Å²) in [5.74, 6) is -0.103. The first kappa shape index (κ1) is 33.0. The molecule has 0 unspecified atom stereocenters. The van der Waals surface area contributed by atoms with E-state index in [2.05, 4.69) is 9.88 Å². The molecule has 0 aliphatic carbocycles. The van der Waals surface area contributed by atoms with Gasteiger partial charge in [0.25, 0.3) is 0 Å². The predicted octanol–water partition coefficient (Wildman–Crippen LogP) is 5.78. The van der Waals surface area contributed by atoms with Gasteiger partial charge in [-0.05, 0) is 74.2 Å². The van der Waals surface area contributed by atoms with Crippen molar-refractivity contribution in [3.8, 4) is 5.75 Å². The van der Waals surface area contributed by atoms with Crippen LogP contribution < -0.4 is 9.08 Å². The van der Waals surface area contributed by atoms with Crippen LogP contribution in [0.4, 0.5) is 10.5 Å². The number of hydrogen-bond acceptors (Lipinski definition) is 8. The maximum absolute atomic E-state index is 14.0. The number of halogens is 1. The van der Waals surface area contributed by atoms with Gasteiger partial charge in [-0.25, -0.2) is 9.78 Å². The van der Waals surface area contributed by atoms with Crippen LogP contribution in [0.1, 0.15) is 26.3 Å². The van der Waals surface area contributed by atoms with Crippen molar-refractivity contribution >= 4 is 50.2 Å². The maximum Gasteiger partial charge on any atom is 0.410 e. The number of carbonyl (C=O) groups is 2. The van der Waals surface area contributed by atoms with Gasteiger partial charge in [0.2, 0.25) is 10.9 Å². The molecule has 0 bridgehead atoms. The Balaban J connectivity index is 1.31. The summed E-state index contributed by atoms with van der Waals surface area (Å²) in [7, 11) is -2.67. The smallest absolute Gasteiger partial charge is 0.410 e. The zero-order valence-corrected chi connectivity index (χ0v) is 27.8. The van der Waals surface area contributed by atoms with Gasteiger partial charge in [-0.3, -0.25) is 9.69 Å². The van der Waals surface area contributed by atoms with Crippen LogP contribution in [0.5, 0.6) is 5.75 Å². The van der Waals surface area contributed by atoms with Gasteiger partial charge in [0.1, 0.15) is 17.4 Å². The van der Waals surface area contributed by atoms with E-state index in [9.17, 15) is 18.0 Å². The Kier molecular flexibility index (Phi) is 9.74. The summed E-state index contributed by atoms with van der Waals surface area (Å²) >= 11 is 6.04. The zero-order valence-electron chi connectivity index (χ0n) is 26.2. The molecule has 0 radical (unpaired) electrons. The van der Waals surface area contributed by atoms with E-state index in [1.807, 2.05) is 30.3 Å². The van der Waals surface area contributed by atoms with E-state index in [4.69, 9.17) is 20.5 Å². The normalized spacial score (nSPS) is 14.5. The van der Waals surface area contributed by atoms with E-state index in [0.717, 1.165) is 11.1 Å². The third-order valence-corrected chi connectivity index (χ3v) is 9.11. The van der Waals surface area contributed by atoms with Crippen LogP contribution >= 0.6 is 11.6 Å². The number of pyridine rings is 1. The summed E-state index contributed by atoms with van der Waals surface area (Å²) in [6, 6.07) is 21.9. The van der Waals surface area contributed by atoms with Crippen molar-refractivity contribution in [2.45, 2.75) is 43.9 Å². The van der Waals surface area contributed by atoms with Gasteiger partial charge in [0, 0.05) is 61.9 Å². The molecule has 1 fully saturated rings. The molecule has 3 aromatic carbocycles. The average molecular weight is 665 g/mol. The fourth-order valence-electron chi connectivity index (χ4n) is 5.26. The molecule has 0 spiro atoms. The molecule has 46 heavy (non-hydrogen) atoms. The van der Waals surface area contributed by atoms with Crippen LogP contribution in [-0.2, 0) is 26.1 Å². The number of amides is 2. The second kappa shape index (κ2) is 13.6. The molecule has 1 saturated heterocycles. The topological polar surface area (TPSA) is 109 Å². The number of anilines is 1. The summed E-state index contributed by atoms with van der Waals surface area (Å²) in [5.41, 5.74) is 0.994. The quantitative estimate of drug-likeness (QED) is 0.218. The van der Waals surface area contributed by atoms with E-state index >= 15 is 0 Å². The Morgan fingerprint density at radius 2 is 1.59 bits per heavy atom. The lowest BCUT2D eigenvalue weighted by Crippen LogP contribution is -2.56. The Labute approximate surface area is 274 Å². The van der Waals surface area contributed by atoms with E-state index in [-0.39, 0.29) is 23.1 Å². The van der Waals surface area contributed by atoms with Crippen molar-refractivity contribution in [2.24, 2.45) is 0 Å². The minimum Gasteiger partial charge on any atom is -0.444 e. The summed E-state index contributed by atoms with van der Waals surface area (Å²) < 4.78 is 37.3. The molecular formula is C34H37ClN4O6S. The number of aromatic nitrogens is 1. The zero-order chi connectivity index (χ0) is 33.1. The van der Waals surface area contributed by atoms with Crippen LogP contribution in [-0.4, -0.2) is 80.1 Å². The molecule has 1 aliphatic heterocycles. The number of hydrogen-bond donors (Lipinski definition) is 0. The number of rotatable bonds is 8. The molecule has 0 N–H and O–H groups in total. The molecule has 2 amide bonds. The lowest BCUT2D eigenvalue weighted by molar-refractivity contribution is -0.136. The van der Waals surface area contributed by atoms with Crippen LogP contribution in [0.15, 0.2) is 90.1 Å². The highest BCUT2D eigenvalue weighted by molar-refractivity contribution is 7.87. The molecule has 0 saturated carbocycles. The summed E-state index contributed by atoms with van der Waals surface area (Å²) in [5, 5.41) is 1.68. The van der Waals surface area contributed by atoms with Gasteiger partial charge in [0.05, 0.1) is 0 Å². The van der Waals surface area contributed by atoms with Gasteiger partial charge < -0.3 is 18.7 Å². The van der Waals surface area contributed by atoms with Gasteiger partial charge in [-0.1, -0.05) is 48.0 Å². The van der Waals surface area contributed by atoms with Gasteiger partial charge >= 0.3 is 16.2 Å². The van der Waals surface area contributed by atoms with Gasteiger partial charge in [-0.2, -0.15) is 8.42 Å². The van der Waals surface area contributed by atoms with Gasteiger partial charge in [0.15, 0.2) is 0 Å². The highest BCUT2D eigenvalue weighted by Crippen LogP contribution is 2.26. The highest BCUT2D eigenvalue weighted by atomic mass is 35.5. The molecule has 242 valence electrons. The van der Waals surface area contributed by atoms with Crippen LogP contribution in [0.3, 0.4) is 0 Å². The summed E-state index contributed by atoms with van der Waals surface area (Å²) in [6.45, 7) is 7.52. The van der Waals surface area contributed by atoms with Crippen molar-refractivity contribution in [1.82, 2.24) is 14.8 Å². The first-order valence-corrected chi connectivity index (χ1v) is 16.7. The van der Waals surface area contributed by atoms with E-state index in [0.29, 0.717) is 42.2 Å². The average Bonchev–Trinajstić information content (AvgIpc) is 3.03. The SMILES string of the molecule is CN(C(=O)OC(C)(C)C)[C@@H](Cc1ccc(OS(=O)(=O)c2nccc3ccccc23)cc1)C(=O)N1CCN(c2ccc(Cl)cc2)CC1. The number of piperazine rings is 1. The molecule has 1 atom stereocenters. The fraction of sp³-hybridized carbons (Fsp3) is 0.324. The summed E-state index contributed by atoms with van der Waals surface area (Å²) in [4.78, 5) is 36.4. The molecule has 2 heterocycles. The third kappa shape index (κ3) is 7.89. The van der Waals surface area contributed by atoms with E-state index in [1.165, 1.54) is 23.2 Å². The van der Waals surface area contributed by atoms with Crippen molar-refractivity contribution in [3.05, 3.63) is 95.6 Å². The second-order valence-electron chi connectivity index (χ2n) is 12.1. The lowest BCUT2D eigenvalue weighted by Gasteiger charge is -2.39. The standard InChI is InChI=1S/C34H37ClN4O6S/c1-34(2,3)44-33(41)37(4)30(32(40)39-21-19-38(20-22-39)27-13-11-26(35)12-14-27)23-24-9-15-28(16-10-24)45-46(42,43)31-29-8-6-5-7-25(29)17-18-36-31/h5-18,30H,19-23H2,1-4H3/t30-/m0/s1. The number of nitrogens with zero attached hydrogens (tertiary/aromatic N) is 4. The van der Waals surface area contributed by atoms with Crippen molar-refractivity contribution in [3.63, 3.8) is 0 Å². The summed E-state index contributed by atoms with van der Waals surface area (Å²) in [6.07, 6.45) is 1.00. The van der Waals surface area contributed by atoms with Crippen LogP contribution in [0.2, 0.25) is 5.02 Å². The first-order chi connectivity index (χ1) is 21.8. The molecule has 10 nitrogen and oxygen atoms in total. The Morgan fingerprint density at radius 1 is 0.935 bits per heavy atom. The molecule has 1 aliphatic rings. The molecular weight excluding hydrogens is 628 g/mol. The minimum absolute atomic E-state index is 0.0974. The number of benzene rings is 3. The molecule has 1 aromatic heterocycles. The predicted molar refractivity (Wildman–Crippen MR) is 178 cm³/mol. The number of likely N-dealkylation sites (N-methyl/N-ethyl adjacent to an activating group) is 1. The maximum atomic E-state index is 14.0. The largest absolute Gasteiger partial charge is 0.444 e. The highest BCUT2D eigenvalue weighted by Gasteiger charge is 2.34. The van der Waals surface area contributed by atoms with Crippen molar-refractivity contribution in [2.75, 3.05) is 38.1 Å². The Hall–Kier alpha value is -4.35. The van der Waals surface area contributed by atoms with E-state index < -0.39 is 27.9 Å². The number of ether oxygens (including phenoxy) is 1. The fourth-order valence-corrected chi connectivity index (χ4v) is 6.47. The van der Waals surface area contributed by atoms with Crippen molar-refractivity contribution < 1.29 is 26.9 Å². The van der Waals surface area contributed by atoms with Gasteiger partial charge in [-0.15, -0.1) is 0 Å². The van der Waals surface area contributed by atoms with E-state index in [1.54, 1.807) is 69.1 Å². The van der Waals surface area contributed by atoms with Crippen molar-refractivity contribution in [1.29, 1.82) is 0 Å². The molecule has 5 rings (SSSR count). The lowest BCUT2D eigenvalue weighted by atomic mass is 10.0. The third-order valence-electron chi connectivity index (χ3n) is 7.65. The number of carbonyl (C=O) groups excluding carboxylic acids is 2. The first-order valence-electron chi connectivity index (χ1n) is 14.9. The number of fused-ring (bicyclic) bond motifs is 1. The second-order valence-corrected chi connectivity index (χ2v) is 14.0.